The third kappa shape index (κ3) is 1.84. The third-order valence-electron chi connectivity index (χ3n) is 2.41. The molecule has 15 heavy (non-hydrogen) atoms. The summed E-state index contributed by atoms with van der Waals surface area (Å²) >= 11 is 0. The van der Waals surface area contributed by atoms with Crippen LogP contribution in [0.25, 0.3) is 11.3 Å². The fraction of sp³-hybridized carbons (Fsp3) is 0.0769. The first-order valence-electron chi connectivity index (χ1n) is 4.76. The predicted molar refractivity (Wildman–Crippen MR) is 57.5 cm³/mol. The Morgan fingerprint density at radius 1 is 1.20 bits per heavy atom. The summed E-state index contributed by atoms with van der Waals surface area (Å²) < 4.78 is 14.7. The van der Waals surface area contributed by atoms with Crippen LogP contribution in [0, 0.1) is 19.8 Å². The molecule has 2 aromatic rings. The summed E-state index contributed by atoms with van der Waals surface area (Å²) in [5.74, 6) is -0.206. The van der Waals surface area contributed by atoms with Crippen molar-refractivity contribution in [1.29, 1.82) is 0 Å². The Morgan fingerprint density at radius 3 is 2.67 bits per heavy atom. The van der Waals surface area contributed by atoms with Crippen molar-refractivity contribution in [2.45, 2.75) is 6.92 Å². The Morgan fingerprint density at radius 2 is 2.00 bits per heavy atom. The Balaban J connectivity index is 2.60. The van der Waals surface area contributed by atoms with Gasteiger partial charge in [0.05, 0.1) is 6.20 Å². The van der Waals surface area contributed by atoms with E-state index in [9.17, 15) is 4.39 Å². The van der Waals surface area contributed by atoms with Crippen LogP contribution in [-0.4, -0.2) is 0 Å². The summed E-state index contributed by atoms with van der Waals surface area (Å²) in [5, 5.41) is 0. The molecule has 0 radical (unpaired) electrons. The predicted octanol–water partition coefficient (Wildman–Crippen LogP) is 2.73. The maximum Gasteiger partial charge on any atom is 0.123 e. The van der Waals surface area contributed by atoms with Crippen LogP contribution in [-0.2, 0) is 0 Å². The molecular formula is C13H12FN. The van der Waals surface area contributed by atoms with E-state index < -0.39 is 0 Å². The zero-order chi connectivity index (χ0) is 10.8. The smallest absolute Gasteiger partial charge is 0.123 e. The van der Waals surface area contributed by atoms with Crippen LogP contribution >= 0.6 is 0 Å². The Bertz CT molecular complexity index is 492. The van der Waals surface area contributed by atoms with Gasteiger partial charge >= 0.3 is 0 Å². The van der Waals surface area contributed by atoms with Crippen molar-refractivity contribution in [1.82, 2.24) is 0 Å². The minimum Gasteiger partial charge on any atom is -0.333 e. The van der Waals surface area contributed by atoms with Crippen molar-refractivity contribution in [3.63, 3.8) is 0 Å². The van der Waals surface area contributed by atoms with Crippen molar-refractivity contribution in [2.24, 2.45) is 0 Å². The monoisotopic (exact) mass is 201 g/mol. The Hall–Kier alpha value is -1.83. The van der Waals surface area contributed by atoms with Crippen molar-refractivity contribution >= 4 is 0 Å². The molecule has 0 bridgehead atoms. The quantitative estimate of drug-likeness (QED) is 0.493. The zero-order valence-corrected chi connectivity index (χ0v) is 8.57. The number of aromatic nitrogens is 1. The van der Waals surface area contributed by atoms with Crippen LogP contribution < -0.4 is 4.57 Å². The van der Waals surface area contributed by atoms with Crippen LogP contribution in [0.3, 0.4) is 0 Å². The van der Waals surface area contributed by atoms with Gasteiger partial charge < -0.3 is 4.57 Å². The molecule has 0 spiro atoms. The molecule has 2 rings (SSSR count). The van der Waals surface area contributed by atoms with Crippen molar-refractivity contribution in [3.8, 4) is 11.3 Å². The lowest BCUT2D eigenvalue weighted by atomic mass is 10.0. The molecule has 1 nitrogen and oxygen atoms in total. The molecule has 1 aromatic heterocycles. The van der Waals surface area contributed by atoms with Crippen LogP contribution in [0.4, 0.5) is 4.39 Å². The molecule has 1 heterocycles. The summed E-state index contributed by atoms with van der Waals surface area (Å²) in [7, 11) is 3.88. The van der Waals surface area contributed by atoms with E-state index in [1.54, 1.807) is 10.6 Å². The van der Waals surface area contributed by atoms with Gasteiger partial charge in [0.15, 0.2) is 0 Å². The second-order valence-electron chi connectivity index (χ2n) is 3.51. The van der Waals surface area contributed by atoms with E-state index in [1.165, 1.54) is 12.1 Å². The normalized spacial score (nSPS) is 10.3. The highest BCUT2D eigenvalue weighted by Gasteiger charge is 2.05. The van der Waals surface area contributed by atoms with E-state index in [0.717, 1.165) is 16.8 Å². The van der Waals surface area contributed by atoms with Gasteiger partial charge in [-0.3, -0.25) is 0 Å². The average Bonchev–Trinajstić information content (AvgIpc) is 2.20. The zero-order valence-electron chi connectivity index (χ0n) is 8.57. The number of aryl methyl sites for hydroxylation is 1. The van der Waals surface area contributed by atoms with Gasteiger partial charge in [0, 0.05) is 7.05 Å². The number of benzene rings is 1. The van der Waals surface area contributed by atoms with Gasteiger partial charge in [-0.15, -0.1) is 0 Å². The molecule has 0 aliphatic rings. The lowest BCUT2D eigenvalue weighted by molar-refractivity contribution is -0.600. The van der Waals surface area contributed by atoms with Crippen LogP contribution in [0.15, 0.2) is 42.6 Å². The lowest BCUT2D eigenvalue weighted by Gasteiger charge is -2.09. The van der Waals surface area contributed by atoms with E-state index >= 15 is 0 Å². The van der Waals surface area contributed by atoms with Crippen LogP contribution in [0.1, 0.15) is 5.56 Å². The van der Waals surface area contributed by atoms with Crippen molar-refractivity contribution in [3.05, 3.63) is 61.0 Å². The topological polar surface area (TPSA) is 3.88 Å². The van der Waals surface area contributed by atoms with E-state index in [4.69, 9.17) is 0 Å². The van der Waals surface area contributed by atoms with Gasteiger partial charge in [-0.1, -0.05) is 18.2 Å². The fourth-order valence-electron chi connectivity index (χ4n) is 1.64. The first-order chi connectivity index (χ1) is 7.18. The maximum atomic E-state index is 12.9. The summed E-state index contributed by atoms with van der Waals surface area (Å²) in [5.41, 5.74) is 2.90. The van der Waals surface area contributed by atoms with Gasteiger partial charge in [0.1, 0.15) is 11.5 Å². The van der Waals surface area contributed by atoms with Crippen LogP contribution in [0.5, 0.6) is 0 Å². The van der Waals surface area contributed by atoms with E-state index in [-0.39, 0.29) is 5.82 Å². The summed E-state index contributed by atoms with van der Waals surface area (Å²) in [6.07, 6.45) is 1.87. The maximum absolute atomic E-state index is 12.9. The number of hydrogen-bond acceptors (Lipinski definition) is 0. The highest BCUT2D eigenvalue weighted by atomic mass is 19.1. The highest BCUT2D eigenvalue weighted by Crippen LogP contribution is 2.20. The fourth-order valence-corrected chi connectivity index (χ4v) is 1.64. The number of nitrogens with zero attached hydrogens (tertiary/aromatic N) is 1. The number of rotatable bonds is 1. The largest absolute Gasteiger partial charge is 0.333 e. The van der Waals surface area contributed by atoms with E-state index in [2.05, 4.69) is 7.05 Å². The lowest BCUT2D eigenvalue weighted by Crippen LogP contribution is -2.27. The summed E-state index contributed by atoms with van der Waals surface area (Å²) in [6.45, 7) is 1.89. The molecule has 0 saturated carbocycles. The molecule has 0 saturated heterocycles. The molecule has 0 fully saturated rings. The summed E-state index contributed by atoms with van der Waals surface area (Å²) in [6, 6.07) is 10.6. The molecule has 0 atom stereocenters. The number of halogens is 1. The van der Waals surface area contributed by atoms with Crippen molar-refractivity contribution < 1.29 is 8.96 Å². The first kappa shape index (κ1) is 9.71. The van der Waals surface area contributed by atoms with Gasteiger partial charge in [-0.2, -0.15) is 0 Å². The van der Waals surface area contributed by atoms with Gasteiger partial charge in [-0.05, 0) is 36.2 Å². The number of pyridine rings is 1. The third-order valence-corrected chi connectivity index (χ3v) is 2.41. The highest BCUT2D eigenvalue weighted by molar-refractivity contribution is 5.60. The Kier molecular flexibility index (Phi) is 2.42. The van der Waals surface area contributed by atoms with Crippen LogP contribution in [0.2, 0.25) is 0 Å². The van der Waals surface area contributed by atoms with Gasteiger partial charge in [0.2, 0.25) is 0 Å². The molecule has 0 amide bonds. The van der Waals surface area contributed by atoms with Gasteiger partial charge in [-0.25, -0.2) is 4.39 Å². The molecule has 76 valence electrons. The molecule has 2 heteroatoms. The second kappa shape index (κ2) is 3.73. The SMILES string of the molecule is [CH2-][n+]1ccccc1-c1ccc(F)cc1C. The molecular weight excluding hydrogens is 189 g/mol. The minimum atomic E-state index is -0.206. The molecule has 1 aromatic carbocycles. The Labute approximate surface area is 88.8 Å². The van der Waals surface area contributed by atoms with E-state index in [1.807, 2.05) is 31.3 Å². The van der Waals surface area contributed by atoms with E-state index in [0.29, 0.717) is 0 Å². The molecule has 0 N–H and O–H groups in total. The molecule has 0 unspecified atom stereocenters. The first-order valence-corrected chi connectivity index (χ1v) is 4.76. The minimum absolute atomic E-state index is 0.206. The second-order valence-corrected chi connectivity index (χ2v) is 3.51. The number of hydrogen-bond donors (Lipinski definition) is 0. The summed E-state index contributed by atoms with van der Waals surface area (Å²) in [4.78, 5) is 0. The average molecular weight is 201 g/mol. The molecule has 0 aliphatic carbocycles. The van der Waals surface area contributed by atoms with Gasteiger partial charge in [0.25, 0.3) is 0 Å². The molecule has 0 aliphatic heterocycles. The standard InChI is InChI=1S/C13H12FN/c1-10-9-11(14)6-7-12(10)13-5-3-4-8-15(13)2/h3-9H,2H2,1H3. The van der Waals surface area contributed by atoms with Crippen molar-refractivity contribution in [2.75, 3.05) is 0 Å².